The fourth-order valence-corrected chi connectivity index (χ4v) is 3.11. The Balaban J connectivity index is 1.72. The Bertz CT molecular complexity index is 868. The SMILES string of the molecule is O=C(N1CCN=C1c1ccccc1)N(c1ccccc1)c1ccccc1. The number of carbonyl (C=O) groups excluding carboxylic acids is 1. The van der Waals surface area contributed by atoms with Crippen molar-refractivity contribution in [3.05, 3.63) is 96.6 Å². The molecule has 3 aromatic rings. The number of amides is 2. The molecule has 2 amide bonds. The third kappa shape index (κ3) is 3.09. The van der Waals surface area contributed by atoms with E-state index in [4.69, 9.17) is 0 Å². The molecule has 1 aliphatic heterocycles. The van der Waals surface area contributed by atoms with Crippen LogP contribution in [0.1, 0.15) is 5.56 Å². The van der Waals surface area contributed by atoms with E-state index in [2.05, 4.69) is 4.99 Å². The lowest BCUT2D eigenvalue weighted by Crippen LogP contribution is -2.43. The van der Waals surface area contributed by atoms with Crippen molar-refractivity contribution in [1.29, 1.82) is 0 Å². The van der Waals surface area contributed by atoms with Crippen molar-refractivity contribution in [2.45, 2.75) is 0 Å². The molecule has 4 nitrogen and oxygen atoms in total. The minimum absolute atomic E-state index is 0.0949. The molecule has 0 aromatic heterocycles. The quantitative estimate of drug-likeness (QED) is 0.680. The van der Waals surface area contributed by atoms with Crippen LogP contribution in [-0.4, -0.2) is 29.9 Å². The number of hydrogen-bond donors (Lipinski definition) is 0. The van der Waals surface area contributed by atoms with Crippen LogP contribution in [0.15, 0.2) is 96.0 Å². The second-order valence-corrected chi connectivity index (χ2v) is 6.01. The maximum Gasteiger partial charge on any atom is 0.334 e. The summed E-state index contributed by atoms with van der Waals surface area (Å²) in [4.78, 5) is 21.6. The van der Waals surface area contributed by atoms with Gasteiger partial charge in [-0.15, -0.1) is 0 Å². The zero-order valence-electron chi connectivity index (χ0n) is 14.3. The minimum atomic E-state index is -0.0949. The lowest BCUT2D eigenvalue weighted by molar-refractivity contribution is 0.232. The van der Waals surface area contributed by atoms with Crippen LogP contribution in [0.2, 0.25) is 0 Å². The van der Waals surface area contributed by atoms with Crippen molar-refractivity contribution >= 4 is 23.2 Å². The molecule has 1 aliphatic rings. The summed E-state index contributed by atoms with van der Waals surface area (Å²) in [6, 6.07) is 29.2. The predicted molar refractivity (Wildman–Crippen MR) is 105 cm³/mol. The van der Waals surface area contributed by atoms with Crippen LogP contribution >= 0.6 is 0 Å². The molecular weight excluding hydrogens is 322 g/mol. The van der Waals surface area contributed by atoms with Crippen LogP contribution < -0.4 is 4.90 Å². The minimum Gasteiger partial charge on any atom is -0.276 e. The maximum absolute atomic E-state index is 13.5. The molecule has 3 aromatic carbocycles. The molecule has 128 valence electrons. The predicted octanol–water partition coefficient (Wildman–Crippen LogP) is 4.71. The Kier molecular flexibility index (Phi) is 4.48. The second-order valence-electron chi connectivity index (χ2n) is 6.01. The first-order chi connectivity index (χ1) is 12.8. The van der Waals surface area contributed by atoms with Gasteiger partial charge in [0.1, 0.15) is 5.84 Å². The van der Waals surface area contributed by atoms with Gasteiger partial charge in [0.25, 0.3) is 0 Å². The van der Waals surface area contributed by atoms with Crippen LogP contribution in [0.4, 0.5) is 16.2 Å². The summed E-state index contributed by atoms with van der Waals surface area (Å²) in [5.74, 6) is 0.729. The molecule has 0 spiro atoms. The van der Waals surface area contributed by atoms with Crippen LogP contribution in [0, 0.1) is 0 Å². The van der Waals surface area contributed by atoms with Crippen molar-refractivity contribution in [1.82, 2.24) is 4.90 Å². The Labute approximate surface area is 153 Å². The van der Waals surface area contributed by atoms with Crippen molar-refractivity contribution in [2.75, 3.05) is 18.0 Å². The zero-order valence-corrected chi connectivity index (χ0v) is 14.3. The summed E-state index contributed by atoms with van der Waals surface area (Å²) in [5.41, 5.74) is 2.63. The average molecular weight is 341 g/mol. The lowest BCUT2D eigenvalue weighted by Gasteiger charge is -2.29. The molecule has 0 radical (unpaired) electrons. The van der Waals surface area contributed by atoms with Gasteiger partial charge in [0.2, 0.25) is 0 Å². The molecule has 0 aliphatic carbocycles. The Morgan fingerprint density at radius 2 is 1.27 bits per heavy atom. The molecule has 0 fully saturated rings. The van der Waals surface area contributed by atoms with E-state index in [1.807, 2.05) is 91.0 Å². The van der Waals surface area contributed by atoms with E-state index in [9.17, 15) is 4.79 Å². The number of para-hydroxylation sites is 2. The molecular formula is C22H19N3O. The molecule has 26 heavy (non-hydrogen) atoms. The standard InChI is InChI=1S/C22H19N3O/c26-22(24-17-16-23-21(24)18-10-4-1-5-11-18)25(19-12-6-2-7-13-19)20-14-8-3-9-15-20/h1-15H,16-17H2. The molecule has 0 saturated carbocycles. The van der Waals surface area contributed by atoms with Gasteiger partial charge in [-0.3, -0.25) is 14.8 Å². The number of amidine groups is 1. The van der Waals surface area contributed by atoms with E-state index in [1.54, 1.807) is 9.80 Å². The van der Waals surface area contributed by atoms with E-state index in [0.717, 1.165) is 22.8 Å². The van der Waals surface area contributed by atoms with Crippen molar-refractivity contribution in [3.63, 3.8) is 0 Å². The van der Waals surface area contributed by atoms with Gasteiger partial charge in [0, 0.05) is 12.1 Å². The summed E-state index contributed by atoms with van der Waals surface area (Å²) in [6.07, 6.45) is 0. The maximum atomic E-state index is 13.5. The van der Waals surface area contributed by atoms with Gasteiger partial charge in [-0.05, 0) is 24.3 Å². The first-order valence-electron chi connectivity index (χ1n) is 8.66. The third-order valence-electron chi connectivity index (χ3n) is 4.32. The van der Waals surface area contributed by atoms with E-state index in [1.165, 1.54) is 0 Å². The largest absolute Gasteiger partial charge is 0.334 e. The number of nitrogens with zero attached hydrogens (tertiary/aromatic N) is 3. The Morgan fingerprint density at radius 1 is 0.769 bits per heavy atom. The molecule has 4 heteroatoms. The normalized spacial score (nSPS) is 13.4. The smallest absolute Gasteiger partial charge is 0.276 e. The summed E-state index contributed by atoms with van der Waals surface area (Å²) in [7, 11) is 0. The van der Waals surface area contributed by atoms with Crippen LogP contribution in [0.25, 0.3) is 0 Å². The monoisotopic (exact) mass is 341 g/mol. The molecule has 0 bridgehead atoms. The highest BCUT2D eigenvalue weighted by molar-refractivity contribution is 6.14. The highest BCUT2D eigenvalue weighted by atomic mass is 16.2. The number of benzene rings is 3. The fourth-order valence-electron chi connectivity index (χ4n) is 3.11. The molecule has 0 N–H and O–H groups in total. The van der Waals surface area contributed by atoms with Gasteiger partial charge >= 0.3 is 6.03 Å². The third-order valence-corrected chi connectivity index (χ3v) is 4.32. The molecule has 1 heterocycles. The van der Waals surface area contributed by atoms with Gasteiger partial charge < -0.3 is 0 Å². The van der Waals surface area contributed by atoms with Crippen LogP contribution in [0.3, 0.4) is 0 Å². The number of urea groups is 1. The first-order valence-corrected chi connectivity index (χ1v) is 8.66. The van der Waals surface area contributed by atoms with Gasteiger partial charge in [-0.1, -0.05) is 66.7 Å². The number of aliphatic imine (C=N–C) groups is 1. The molecule has 0 saturated heterocycles. The number of anilines is 2. The van der Waals surface area contributed by atoms with E-state index >= 15 is 0 Å². The Morgan fingerprint density at radius 3 is 1.81 bits per heavy atom. The van der Waals surface area contributed by atoms with Gasteiger partial charge in [-0.2, -0.15) is 0 Å². The van der Waals surface area contributed by atoms with Gasteiger partial charge in [0.05, 0.1) is 17.9 Å². The summed E-state index contributed by atoms with van der Waals surface area (Å²) >= 11 is 0. The highest BCUT2D eigenvalue weighted by Crippen LogP contribution is 2.27. The van der Waals surface area contributed by atoms with Crippen molar-refractivity contribution < 1.29 is 4.79 Å². The number of rotatable bonds is 3. The molecule has 4 rings (SSSR count). The van der Waals surface area contributed by atoms with E-state index in [-0.39, 0.29) is 6.03 Å². The summed E-state index contributed by atoms with van der Waals surface area (Å²) in [6.45, 7) is 1.20. The first kappa shape index (κ1) is 16.1. The van der Waals surface area contributed by atoms with Crippen LogP contribution in [0.5, 0.6) is 0 Å². The van der Waals surface area contributed by atoms with Crippen LogP contribution in [-0.2, 0) is 0 Å². The second kappa shape index (κ2) is 7.23. The number of hydrogen-bond acceptors (Lipinski definition) is 2. The molecule has 0 unspecified atom stereocenters. The topological polar surface area (TPSA) is 35.9 Å². The van der Waals surface area contributed by atoms with Gasteiger partial charge in [0.15, 0.2) is 0 Å². The fraction of sp³-hybridized carbons (Fsp3) is 0.0909. The van der Waals surface area contributed by atoms with Gasteiger partial charge in [-0.25, -0.2) is 4.79 Å². The van der Waals surface area contributed by atoms with E-state index in [0.29, 0.717) is 13.1 Å². The average Bonchev–Trinajstić information content (AvgIpc) is 3.20. The van der Waals surface area contributed by atoms with Crippen molar-refractivity contribution in [2.24, 2.45) is 4.99 Å². The molecule has 0 atom stereocenters. The zero-order chi connectivity index (χ0) is 17.8. The number of carbonyl (C=O) groups is 1. The Hall–Kier alpha value is -3.40. The lowest BCUT2D eigenvalue weighted by atomic mass is 10.2. The van der Waals surface area contributed by atoms with E-state index < -0.39 is 0 Å². The highest BCUT2D eigenvalue weighted by Gasteiger charge is 2.30. The summed E-state index contributed by atoms with van der Waals surface area (Å²) < 4.78 is 0. The van der Waals surface area contributed by atoms with Crippen molar-refractivity contribution in [3.8, 4) is 0 Å². The summed E-state index contributed by atoms with van der Waals surface area (Å²) in [5, 5.41) is 0.